The van der Waals surface area contributed by atoms with Gasteiger partial charge in [-0.1, -0.05) is 6.92 Å². The van der Waals surface area contributed by atoms with E-state index in [2.05, 4.69) is 47.2 Å². The minimum atomic E-state index is 0.495. The van der Waals surface area contributed by atoms with E-state index in [0.29, 0.717) is 6.04 Å². The molecule has 0 saturated heterocycles. The lowest BCUT2D eigenvalue weighted by Gasteiger charge is -2.29. The maximum Gasteiger partial charge on any atom is 0.0701 e. The van der Waals surface area contributed by atoms with Crippen LogP contribution in [0.15, 0.2) is 15.9 Å². The zero-order chi connectivity index (χ0) is 11.5. The van der Waals surface area contributed by atoms with Gasteiger partial charge < -0.3 is 5.32 Å². The molecule has 0 amide bonds. The summed E-state index contributed by atoms with van der Waals surface area (Å²) in [5.74, 6) is 0.934. The van der Waals surface area contributed by atoms with Gasteiger partial charge >= 0.3 is 0 Å². The van der Waals surface area contributed by atoms with E-state index in [1.54, 1.807) is 0 Å². The van der Waals surface area contributed by atoms with Crippen molar-refractivity contribution in [3.8, 4) is 0 Å². The molecule has 1 aromatic heterocycles. The Hall–Kier alpha value is 0.140. The van der Waals surface area contributed by atoms with Crippen LogP contribution in [0.4, 0.5) is 0 Å². The van der Waals surface area contributed by atoms with Gasteiger partial charge in [-0.05, 0) is 66.6 Å². The maximum atomic E-state index is 3.76. The number of nitrogens with one attached hydrogen (secondary N) is 1. The number of thiophene rings is 1. The Morgan fingerprint density at radius 1 is 1.31 bits per heavy atom. The van der Waals surface area contributed by atoms with Crippen molar-refractivity contribution < 1.29 is 0 Å². The van der Waals surface area contributed by atoms with Gasteiger partial charge in [0, 0.05) is 17.0 Å². The van der Waals surface area contributed by atoms with E-state index in [4.69, 9.17) is 0 Å². The third-order valence-corrected chi connectivity index (χ3v) is 5.33. The highest BCUT2D eigenvalue weighted by atomic mass is 79.9. The summed E-state index contributed by atoms with van der Waals surface area (Å²) in [6.07, 6.45) is 5.47. The Labute approximate surface area is 111 Å². The zero-order valence-corrected chi connectivity index (χ0v) is 12.4. The summed E-state index contributed by atoms with van der Waals surface area (Å²) < 4.78 is 1.23. The molecule has 0 spiro atoms. The van der Waals surface area contributed by atoms with Crippen LogP contribution >= 0.6 is 27.3 Å². The Morgan fingerprint density at radius 3 is 2.56 bits per heavy atom. The Morgan fingerprint density at radius 2 is 2.00 bits per heavy atom. The number of rotatable bonds is 3. The Bertz CT molecular complexity index is 328. The van der Waals surface area contributed by atoms with Gasteiger partial charge in [0.15, 0.2) is 0 Å². The molecule has 1 atom stereocenters. The van der Waals surface area contributed by atoms with E-state index in [9.17, 15) is 0 Å². The maximum absolute atomic E-state index is 3.76. The second-order valence-corrected chi connectivity index (χ2v) is 7.48. The first-order valence-corrected chi connectivity index (χ1v) is 7.77. The molecule has 16 heavy (non-hydrogen) atoms. The average molecular weight is 302 g/mol. The summed E-state index contributed by atoms with van der Waals surface area (Å²) in [5, 5.41) is 3.76. The second-order valence-electron chi connectivity index (χ2n) is 4.99. The monoisotopic (exact) mass is 301 g/mol. The van der Waals surface area contributed by atoms with Crippen LogP contribution in [0, 0.1) is 5.92 Å². The Kier molecular flexibility index (Phi) is 4.45. The molecule has 0 aromatic carbocycles. The number of halogens is 1. The van der Waals surface area contributed by atoms with Crippen molar-refractivity contribution in [1.29, 1.82) is 0 Å². The van der Waals surface area contributed by atoms with Gasteiger partial charge in [-0.25, -0.2) is 0 Å². The molecule has 1 N–H and O–H groups in total. The van der Waals surface area contributed by atoms with Crippen LogP contribution in [0.5, 0.6) is 0 Å². The van der Waals surface area contributed by atoms with Gasteiger partial charge in [0.25, 0.3) is 0 Å². The minimum absolute atomic E-state index is 0.495. The molecule has 1 heterocycles. The molecule has 2 rings (SSSR count). The van der Waals surface area contributed by atoms with Gasteiger partial charge in [0.1, 0.15) is 0 Å². The molecule has 90 valence electrons. The van der Waals surface area contributed by atoms with Gasteiger partial charge in [-0.2, -0.15) is 0 Å². The molecule has 1 aliphatic carbocycles. The van der Waals surface area contributed by atoms with Crippen molar-refractivity contribution in [3.63, 3.8) is 0 Å². The fraction of sp³-hybridized carbons (Fsp3) is 0.692. The molecule has 3 heteroatoms. The largest absolute Gasteiger partial charge is 0.307 e. The molecule has 1 fully saturated rings. The molecule has 1 aromatic rings. The lowest BCUT2D eigenvalue weighted by Crippen LogP contribution is -2.34. The van der Waals surface area contributed by atoms with Crippen LogP contribution < -0.4 is 5.32 Å². The summed E-state index contributed by atoms with van der Waals surface area (Å²) in [6.45, 7) is 4.65. The molecule has 1 nitrogen and oxygen atoms in total. The lowest BCUT2D eigenvalue weighted by molar-refractivity contribution is 0.292. The normalized spacial score (nSPS) is 27.9. The quantitative estimate of drug-likeness (QED) is 0.850. The minimum Gasteiger partial charge on any atom is -0.307 e. The first-order valence-electron chi connectivity index (χ1n) is 6.16. The van der Waals surface area contributed by atoms with Gasteiger partial charge in [0.05, 0.1) is 3.79 Å². The third kappa shape index (κ3) is 3.31. The topological polar surface area (TPSA) is 12.0 Å². The van der Waals surface area contributed by atoms with Gasteiger partial charge in [-0.15, -0.1) is 11.3 Å². The summed E-state index contributed by atoms with van der Waals surface area (Å²) in [7, 11) is 0. The summed E-state index contributed by atoms with van der Waals surface area (Å²) in [4.78, 5) is 1.44. The van der Waals surface area contributed by atoms with E-state index in [-0.39, 0.29) is 0 Å². The third-order valence-electron chi connectivity index (χ3n) is 3.52. The lowest BCUT2D eigenvalue weighted by atomic mass is 9.87. The molecular formula is C13H20BrNS. The standard InChI is InChI=1S/C13H20BrNS/c1-9-3-5-11(6-4-9)15-10(2)12-7-8-13(14)16-12/h7-11,15H,3-6H2,1-2H3. The molecule has 0 radical (unpaired) electrons. The van der Waals surface area contributed by atoms with Crippen LogP contribution in [-0.4, -0.2) is 6.04 Å². The Balaban J connectivity index is 1.85. The fourth-order valence-corrected chi connectivity index (χ4v) is 3.86. The van der Waals surface area contributed by atoms with Crippen LogP contribution in [0.3, 0.4) is 0 Å². The molecular weight excluding hydrogens is 282 g/mol. The van der Waals surface area contributed by atoms with Crippen molar-refractivity contribution >= 4 is 27.3 Å². The van der Waals surface area contributed by atoms with Crippen molar-refractivity contribution in [2.75, 3.05) is 0 Å². The molecule has 1 saturated carbocycles. The van der Waals surface area contributed by atoms with E-state index < -0.39 is 0 Å². The summed E-state index contributed by atoms with van der Waals surface area (Å²) >= 11 is 5.36. The highest BCUT2D eigenvalue weighted by Gasteiger charge is 2.20. The molecule has 1 unspecified atom stereocenters. The smallest absolute Gasteiger partial charge is 0.0701 e. The SMILES string of the molecule is CC1CCC(NC(C)c2ccc(Br)s2)CC1. The van der Waals surface area contributed by atoms with Crippen molar-refractivity contribution in [2.24, 2.45) is 5.92 Å². The van der Waals surface area contributed by atoms with Crippen LogP contribution in [0.1, 0.15) is 50.4 Å². The second kappa shape index (κ2) is 5.65. The van der Waals surface area contributed by atoms with Crippen molar-refractivity contribution in [3.05, 3.63) is 20.8 Å². The molecule has 0 bridgehead atoms. The van der Waals surface area contributed by atoms with E-state index in [1.165, 1.54) is 34.3 Å². The van der Waals surface area contributed by atoms with Crippen LogP contribution in [-0.2, 0) is 0 Å². The van der Waals surface area contributed by atoms with E-state index in [0.717, 1.165) is 12.0 Å². The predicted molar refractivity (Wildman–Crippen MR) is 75.0 cm³/mol. The highest BCUT2D eigenvalue weighted by Crippen LogP contribution is 2.29. The number of hydrogen-bond donors (Lipinski definition) is 1. The summed E-state index contributed by atoms with van der Waals surface area (Å²) in [5.41, 5.74) is 0. The first-order chi connectivity index (χ1) is 7.65. The van der Waals surface area contributed by atoms with E-state index >= 15 is 0 Å². The zero-order valence-electron chi connectivity index (χ0n) is 10.0. The number of hydrogen-bond acceptors (Lipinski definition) is 2. The average Bonchev–Trinajstić information content (AvgIpc) is 2.68. The first kappa shape index (κ1) is 12.6. The van der Waals surface area contributed by atoms with Crippen molar-refractivity contribution in [1.82, 2.24) is 5.32 Å². The van der Waals surface area contributed by atoms with Crippen LogP contribution in [0.2, 0.25) is 0 Å². The predicted octanol–water partition coefficient (Wildman–Crippen LogP) is 4.74. The van der Waals surface area contributed by atoms with Crippen LogP contribution in [0.25, 0.3) is 0 Å². The molecule has 1 aliphatic rings. The highest BCUT2D eigenvalue weighted by molar-refractivity contribution is 9.11. The van der Waals surface area contributed by atoms with E-state index in [1.807, 2.05) is 11.3 Å². The van der Waals surface area contributed by atoms with Gasteiger partial charge in [0.2, 0.25) is 0 Å². The van der Waals surface area contributed by atoms with Gasteiger partial charge in [-0.3, -0.25) is 0 Å². The molecule has 0 aliphatic heterocycles. The summed E-state index contributed by atoms with van der Waals surface area (Å²) in [6, 6.07) is 5.58. The van der Waals surface area contributed by atoms with Crippen molar-refractivity contribution in [2.45, 2.75) is 51.6 Å². The fourth-order valence-electron chi connectivity index (χ4n) is 2.42.